The third-order valence-electron chi connectivity index (χ3n) is 3.17. The van der Waals surface area contributed by atoms with Crippen LogP contribution in [0.1, 0.15) is 22.8 Å². The fraction of sp³-hybridized carbons (Fsp3) is 0.0667. The van der Waals surface area contributed by atoms with E-state index in [-0.39, 0.29) is 5.56 Å². The summed E-state index contributed by atoms with van der Waals surface area (Å²) in [6, 6.07) is 7.93. The summed E-state index contributed by atoms with van der Waals surface area (Å²) in [6.07, 6.45) is 0. The van der Waals surface area contributed by atoms with Crippen LogP contribution in [-0.4, -0.2) is 21.5 Å². The first-order chi connectivity index (χ1) is 11.8. The van der Waals surface area contributed by atoms with Crippen LogP contribution in [0, 0.1) is 26.0 Å². The third-order valence-corrected chi connectivity index (χ3v) is 3.17. The molecule has 9 nitrogen and oxygen atoms in total. The fourth-order valence-corrected chi connectivity index (χ4v) is 1.89. The number of amides is 1. The minimum atomic E-state index is -0.853. The topological polar surface area (TPSA) is 128 Å². The van der Waals surface area contributed by atoms with E-state index in [0.29, 0.717) is 11.3 Å². The molecule has 0 spiro atoms. The van der Waals surface area contributed by atoms with E-state index >= 15 is 0 Å². The van der Waals surface area contributed by atoms with E-state index in [1.54, 1.807) is 6.92 Å². The van der Waals surface area contributed by atoms with Gasteiger partial charge in [0.25, 0.3) is 17.3 Å². The quantitative estimate of drug-likeness (QED) is 0.506. The smallest absolute Gasteiger partial charge is 0.267 e. The molecule has 2 aromatic carbocycles. The van der Waals surface area contributed by atoms with E-state index in [1.165, 1.54) is 24.3 Å². The van der Waals surface area contributed by atoms with Gasteiger partial charge in [-0.15, -0.1) is 0 Å². The average molecular weight is 346 g/mol. The number of hydrogen-bond donors (Lipinski definition) is 1. The Kier molecular flexibility index (Phi) is 5.12. The van der Waals surface area contributed by atoms with E-state index in [1.807, 2.05) is 0 Å². The molecule has 0 aliphatic heterocycles. The molecular formula is C15H11FN4O5. The van der Waals surface area contributed by atoms with Gasteiger partial charge in [0.05, 0.1) is 27.2 Å². The summed E-state index contributed by atoms with van der Waals surface area (Å²) in [4.78, 5) is 32.0. The van der Waals surface area contributed by atoms with Gasteiger partial charge in [0.15, 0.2) is 0 Å². The zero-order valence-electron chi connectivity index (χ0n) is 12.8. The maximum atomic E-state index is 12.9. The summed E-state index contributed by atoms with van der Waals surface area (Å²) in [7, 11) is 0. The summed E-state index contributed by atoms with van der Waals surface area (Å²) < 4.78 is 12.9. The molecule has 2 aromatic rings. The maximum absolute atomic E-state index is 12.9. The van der Waals surface area contributed by atoms with Gasteiger partial charge < -0.3 is 0 Å². The normalized spacial score (nSPS) is 11.0. The Morgan fingerprint density at radius 2 is 1.52 bits per heavy atom. The largest absolute Gasteiger partial charge is 0.277 e. The minimum absolute atomic E-state index is 0.281. The highest BCUT2D eigenvalue weighted by molar-refractivity contribution is 6.01. The van der Waals surface area contributed by atoms with Crippen molar-refractivity contribution in [3.05, 3.63) is 79.6 Å². The number of carbonyl (C=O) groups excluding carboxylic acids is 1. The van der Waals surface area contributed by atoms with Crippen molar-refractivity contribution in [2.24, 2.45) is 5.10 Å². The van der Waals surface area contributed by atoms with Crippen LogP contribution in [0.3, 0.4) is 0 Å². The SMILES string of the molecule is CC(=NNC(=O)c1cc([N+](=O)[O-])cc([N+](=O)[O-])c1)c1ccc(F)cc1. The Labute approximate surface area is 140 Å². The lowest BCUT2D eigenvalue weighted by Gasteiger charge is -2.03. The predicted octanol–water partition coefficient (Wildman–Crippen LogP) is 2.80. The zero-order valence-corrected chi connectivity index (χ0v) is 12.8. The van der Waals surface area contributed by atoms with Gasteiger partial charge in [-0.05, 0) is 24.6 Å². The van der Waals surface area contributed by atoms with Gasteiger partial charge in [-0.25, -0.2) is 9.82 Å². The molecule has 0 unspecified atom stereocenters. The number of carbonyl (C=O) groups is 1. The second kappa shape index (κ2) is 7.25. The molecule has 0 fully saturated rings. The Morgan fingerprint density at radius 1 is 1.00 bits per heavy atom. The predicted molar refractivity (Wildman–Crippen MR) is 85.8 cm³/mol. The van der Waals surface area contributed by atoms with Crippen LogP contribution >= 0.6 is 0 Å². The van der Waals surface area contributed by atoms with Gasteiger partial charge in [-0.3, -0.25) is 25.0 Å². The highest BCUT2D eigenvalue weighted by Gasteiger charge is 2.19. The number of nitro benzene ring substituents is 2. The highest BCUT2D eigenvalue weighted by Crippen LogP contribution is 2.22. The third kappa shape index (κ3) is 4.41. The summed E-state index contributed by atoms with van der Waals surface area (Å²) in [5.74, 6) is -1.28. The number of halogens is 1. The monoisotopic (exact) mass is 346 g/mol. The molecule has 0 aliphatic rings. The maximum Gasteiger partial charge on any atom is 0.277 e. The minimum Gasteiger partial charge on any atom is -0.267 e. The Morgan fingerprint density at radius 3 is 2.00 bits per heavy atom. The summed E-state index contributed by atoms with van der Waals surface area (Å²) in [5.41, 5.74) is 1.61. The van der Waals surface area contributed by atoms with Gasteiger partial charge in [0, 0.05) is 12.1 Å². The van der Waals surface area contributed by atoms with Crippen molar-refractivity contribution in [3.8, 4) is 0 Å². The van der Waals surface area contributed by atoms with E-state index in [2.05, 4.69) is 10.5 Å². The molecule has 1 N–H and O–H groups in total. The summed E-state index contributed by atoms with van der Waals surface area (Å²) in [5, 5.41) is 25.4. The Balaban J connectivity index is 2.25. The number of hydrogen-bond acceptors (Lipinski definition) is 6. The second-order valence-corrected chi connectivity index (χ2v) is 4.90. The van der Waals surface area contributed by atoms with Crippen LogP contribution in [0.5, 0.6) is 0 Å². The van der Waals surface area contributed by atoms with E-state index in [0.717, 1.165) is 18.2 Å². The van der Waals surface area contributed by atoms with Crippen LogP contribution in [0.25, 0.3) is 0 Å². The lowest BCUT2D eigenvalue weighted by atomic mass is 10.1. The first-order valence-electron chi connectivity index (χ1n) is 6.82. The number of nitro groups is 2. The molecule has 0 aromatic heterocycles. The van der Waals surface area contributed by atoms with E-state index < -0.39 is 32.9 Å². The summed E-state index contributed by atoms with van der Waals surface area (Å²) in [6.45, 7) is 1.56. The van der Waals surface area contributed by atoms with Crippen LogP contribution in [0.4, 0.5) is 15.8 Å². The van der Waals surface area contributed by atoms with Crippen LogP contribution in [0.15, 0.2) is 47.6 Å². The van der Waals surface area contributed by atoms with Crippen molar-refractivity contribution < 1.29 is 19.0 Å². The van der Waals surface area contributed by atoms with Gasteiger partial charge >= 0.3 is 0 Å². The Bertz CT molecular complexity index is 848. The number of nitrogens with one attached hydrogen (secondary N) is 1. The number of non-ortho nitro benzene ring substituents is 2. The molecular weight excluding hydrogens is 335 g/mol. The van der Waals surface area contributed by atoms with Crippen molar-refractivity contribution in [2.45, 2.75) is 6.92 Å². The van der Waals surface area contributed by atoms with Crippen molar-refractivity contribution in [1.29, 1.82) is 0 Å². The van der Waals surface area contributed by atoms with E-state index in [9.17, 15) is 29.4 Å². The second-order valence-electron chi connectivity index (χ2n) is 4.90. The van der Waals surface area contributed by atoms with Crippen molar-refractivity contribution >= 4 is 23.0 Å². The molecule has 0 saturated heterocycles. The highest BCUT2D eigenvalue weighted by atomic mass is 19.1. The number of rotatable bonds is 5. The number of benzene rings is 2. The lowest BCUT2D eigenvalue weighted by Crippen LogP contribution is -2.19. The first-order valence-corrected chi connectivity index (χ1v) is 6.82. The van der Waals surface area contributed by atoms with Crippen molar-refractivity contribution in [2.75, 3.05) is 0 Å². The molecule has 0 atom stereocenters. The standard InChI is InChI=1S/C15H11FN4O5/c1-9(10-2-4-12(16)5-3-10)17-18-15(21)11-6-13(19(22)23)8-14(7-11)20(24)25/h2-8H,1H3,(H,18,21). The van der Waals surface area contributed by atoms with Gasteiger partial charge in [-0.2, -0.15) is 5.10 Å². The summed E-state index contributed by atoms with van der Waals surface area (Å²) >= 11 is 0. The van der Waals surface area contributed by atoms with Crippen LogP contribution in [-0.2, 0) is 0 Å². The molecule has 128 valence electrons. The van der Waals surface area contributed by atoms with Crippen LogP contribution < -0.4 is 5.43 Å². The van der Waals surface area contributed by atoms with E-state index in [4.69, 9.17) is 0 Å². The average Bonchev–Trinajstić information content (AvgIpc) is 2.59. The van der Waals surface area contributed by atoms with Crippen LogP contribution in [0.2, 0.25) is 0 Å². The molecule has 0 aliphatic carbocycles. The first kappa shape index (κ1) is 17.7. The Hall–Kier alpha value is -3.69. The number of nitrogens with zero attached hydrogens (tertiary/aromatic N) is 3. The fourth-order valence-electron chi connectivity index (χ4n) is 1.89. The van der Waals surface area contributed by atoms with Gasteiger partial charge in [-0.1, -0.05) is 12.1 Å². The van der Waals surface area contributed by atoms with Gasteiger partial charge in [0.1, 0.15) is 5.82 Å². The molecule has 10 heteroatoms. The molecule has 0 bridgehead atoms. The molecule has 0 heterocycles. The molecule has 0 saturated carbocycles. The molecule has 0 radical (unpaired) electrons. The molecule has 2 rings (SSSR count). The zero-order chi connectivity index (χ0) is 18.6. The lowest BCUT2D eigenvalue weighted by molar-refractivity contribution is -0.394. The molecule has 1 amide bonds. The van der Waals surface area contributed by atoms with Crippen molar-refractivity contribution in [1.82, 2.24) is 5.43 Å². The van der Waals surface area contributed by atoms with Gasteiger partial charge in [0.2, 0.25) is 0 Å². The number of hydrazone groups is 1. The van der Waals surface area contributed by atoms with Crippen molar-refractivity contribution in [3.63, 3.8) is 0 Å². The molecule has 25 heavy (non-hydrogen) atoms.